The van der Waals surface area contributed by atoms with Crippen LogP contribution in [0.1, 0.15) is 55.9 Å². The molecule has 1 atom stereocenters. The smallest absolute Gasteiger partial charge is 0.274 e. The molecule has 9 nitrogen and oxygen atoms in total. The zero-order valence-electron chi connectivity index (χ0n) is 15.7. The second-order valence-corrected chi connectivity index (χ2v) is 6.53. The minimum absolute atomic E-state index is 0.00660. The van der Waals surface area contributed by atoms with Gasteiger partial charge >= 0.3 is 0 Å². The predicted octanol–water partition coefficient (Wildman–Crippen LogP) is 1.50. The number of aliphatic hydroxyl groups excluding tert-OH is 2. The highest BCUT2D eigenvalue weighted by atomic mass is 16.5. The van der Waals surface area contributed by atoms with Gasteiger partial charge in [0.15, 0.2) is 11.5 Å². The lowest BCUT2D eigenvalue weighted by Crippen LogP contribution is -2.32. The van der Waals surface area contributed by atoms with Gasteiger partial charge in [-0.1, -0.05) is 19.0 Å². The van der Waals surface area contributed by atoms with E-state index in [0.717, 1.165) is 0 Å². The molecule has 1 aliphatic rings. The Morgan fingerprint density at radius 3 is 2.67 bits per heavy atom. The van der Waals surface area contributed by atoms with Gasteiger partial charge in [0.1, 0.15) is 11.6 Å². The first-order chi connectivity index (χ1) is 12.7. The first kappa shape index (κ1) is 20.4. The molecule has 1 unspecified atom stereocenters. The number of hydrogen-bond donors (Lipinski definition) is 5. The van der Waals surface area contributed by atoms with Gasteiger partial charge in [-0.05, 0) is 24.5 Å². The van der Waals surface area contributed by atoms with E-state index < -0.39 is 17.9 Å². The maximum atomic E-state index is 12.3. The molecule has 0 fully saturated rings. The van der Waals surface area contributed by atoms with Crippen molar-refractivity contribution in [3.8, 4) is 0 Å². The van der Waals surface area contributed by atoms with Crippen LogP contribution in [0.3, 0.4) is 0 Å². The molecule has 2 rings (SSSR count). The first-order valence-corrected chi connectivity index (χ1v) is 8.63. The Hall–Kier alpha value is -2.94. The molecule has 5 N–H and O–H groups in total. The Balaban J connectivity index is 2.63. The van der Waals surface area contributed by atoms with Crippen molar-refractivity contribution < 1.29 is 24.3 Å². The Kier molecular flexibility index (Phi) is 6.17. The van der Waals surface area contributed by atoms with E-state index >= 15 is 0 Å². The van der Waals surface area contributed by atoms with E-state index in [4.69, 9.17) is 9.93 Å². The second-order valence-electron chi connectivity index (χ2n) is 6.53. The number of nitrogens with zero attached hydrogens (tertiary/aromatic N) is 1. The SMILES string of the molecule is CCNC(=O)c1noc(C2=C(O)CC(O)C(C(C)C)=C2)c1C(=N)NC(C)=O. The Labute approximate surface area is 156 Å². The van der Waals surface area contributed by atoms with Crippen molar-refractivity contribution in [1.82, 2.24) is 15.8 Å². The van der Waals surface area contributed by atoms with E-state index in [1.807, 2.05) is 13.8 Å². The highest BCUT2D eigenvalue weighted by Gasteiger charge is 2.32. The van der Waals surface area contributed by atoms with Crippen LogP contribution in [-0.2, 0) is 4.79 Å². The number of rotatable bonds is 5. The summed E-state index contributed by atoms with van der Waals surface area (Å²) in [7, 11) is 0. The maximum absolute atomic E-state index is 12.3. The molecule has 0 bridgehead atoms. The third-order valence-corrected chi connectivity index (χ3v) is 4.10. The van der Waals surface area contributed by atoms with Crippen molar-refractivity contribution in [3.63, 3.8) is 0 Å². The van der Waals surface area contributed by atoms with Gasteiger partial charge in [-0.2, -0.15) is 0 Å². The lowest BCUT2D eigenvalue weighted by atomic mass is 9.86. The number of carbonyl (C=O) groups excluding carboxylic acids is 2. The molecule has 1 aromatic heterocycles. The molecule has 0 radical (unpaired) electrons. The van der Waals surface area contributed by atoms with Crippen molar-refractivity contribution in [2.75, 3.05) is 6.54 Å². The van der Waals surface area contributed by atoms with Crippen molar-refractivity contribution in [2.45, 2.75) is 40.2 Å². The van der Waals surface area contributed by atoms with Gasteiger partial charge in [-0.15, -0.1) is 0 Å². The van der Waals surface area contributed by atoms with Gasteiger partial charge in [-0.3, -0.25) is 15.0 Å². The number of hydrogen-bond acceptors (Lipinski definition) is 7. The summed E-state index contributed by atoms with van der Waals surface area (Å²) >= 11 is 0. The van der Waals surface area contributed by atoms with Crippen LogP contribution in [0.2, 0.25) is 0 Å². The fourth-order valence-corrected chi connectivity index (χ4v) is 2.85. The van der Waals surface area contributed by atoms with Crippen LogP contribution in [0.15, 0.2) is 21.9 Å². The molecule has 1 aliphatic carbocycles. The highest BCUT2D eigenvalue weighted by Crippen LogP contribution is 2.35. The van der Waals surface area contributed by atoms with E-state index in [0.29, 0.717) is 12.1 Å². The highest BCUT2D eigenvalue weighted by molar-refractivity contribution is 6.14. The summed E-state index contributed by atoms with van der Waals surface area (Å²) in [5.74, 6) is -1.59. The fourth-order valence-electron chi connectivity index (χ4n) is 2.85. The number of aliphatic hydroxyl groups is 2. The summed E-state index contributed by atoms with van der Waals surface area (Å²) in [6.45, 7) is 7.10. The molecule has 1 heterocycles. The number of carbonyl (C=O) groups is 2. The van der Waals surface area contributed by atoms with E-state index in [9.17, 15) is 19.8 Å². The zero-order chi connectivity index (χ0) is 20.3. The van der Waals surface area contributed by atoms with Gasteiger partial charge in [0.25, 0.3) is 5.91 Å². The molecule has 2 amide bonds. The molecule has 146 valence electrons. The topological polar surface area (TPSA) is 149 Å². The van der Waals surface area contributed by atoms with Crippen molar-refractivity contribution in [1.29, 1.82) is 5.41 Å². The van der Waals surface area contributed by atoms with Crippen LogP contribution in [0, 0.1) is 11.3 Å². The largest absolute Gasteiger partial charge is 0.511 e. The zero-order valence-corrected chi connectivity index (χ0v) is 15.7. The number of amidine groups is 1. The van der Waals surface area contributed by atoms with E-state index in [-0.39, 0.29) is 46.5 Å². The Bertz CT molecular complexity index is 835. The molecular formula is C18H24N4O5. The summed E-state index contributed by atoms with van der Waals surface area (Å²) in [6, 6.07) is 0. The van der Waals surface area contributed by atoms with Crippen LogP contribution in [0.25, 0.3) is 5.57 Å². The molecule has 9 heteroatoms. The number of nitrogens with one attached hydrogen (secondary N) is 3. The molecule has 0 aromatic carbocycles. The quantitative estimate of drug-likeness (QED) is 0.388. The summed E-state index contributed by atoms with van der Waals surface area (Å²) in [6.07, 6.45) is 0.710. The Morgan fingerprint density at radius 1 is 1.44 bits per heavy atom. The summed E-state index contributed by atoms with van der Waals surface area (Å²) in [4.78, 5) is 23.7. The standard InChI is InChI=1S/C18H24N4O5/c1-5-20-18(26)15-14(17(19)21-9(4)23)16(27-22-15)11-6-10(8(2)3)12(24)7-13(11)25/h6,8,12,24-25H,5,7H2,1-4H3,(H,20,26)(H2,19,21,23). The van der Waals surface area contributed by atoms with Crippen LogP contribution >= 0.6 is 0 Å². The van der Waals surface area contributed by atoms with Crippen molar-refractivity contribution >= 4 is 23.2 Å². The lowest BCUT2D eigenvalue weighted by molar-refractivity contribution is -0.117. The normalized spacial score (nSPS) is 17.0. The van der Waals surface area contributed by atoms with Crippen LogP contribution in [0.5, 0.6) is 0 Å². The molecule has 0 aliphatic heterocycles. The van der Waals surface area contributed by atoms with Crippen LogP contribution < -0.4 is 10.6 Å². The van der Waals surface area contributed by atoms with Gasteiger partial charge in [0.2, 0.25) is 5.91 Å². The summed E-state index contributed by atoms with van der Waals surface area (Å²) in [5, 5.41) is 37.3. The molecular weight excluding hydrogens is 352 g/mol. The number of amides is 2. The van der Waals surface area contributed by atoms with Gasteiger partial charge < -0.3 is 25.4 Å². The van der Waals surface area contributed by atoms with Crippen molar-refractivity contribution in [3.05, 3.63) is 34.4 Å². The third-order valence-electron chi connectivity index (χ3n) is 4.10. The average Bonchev–Trinajstić information content (AvgIpc) is 2.99. The number of allylic oxidation sites excluding steroid dienone is 2. The molecule has 0 saturated carbocycles. The maximum Gasteiger partial charge on any atom is 0.274 e. The molecule has 0 saturated heterocycles. The summed E-state index contributed by atoms with van der Waals surface area (Å²) < 4.78 is 5.29. The fraction of sp³-hybridized carbons (Fsp3) is 0.444. The van der Waals surface area contributed by atoms with E-state index in [1.165, 1.54) is 6.92 Å². The van der Waals surface area contributed by atoms with Gasteiger partial charge in [0.05, 0.1) is 17.2 Å². The minimum atomic E-state index is -0.835. The Morgan fingerprint density at radius 2 is 2.11 bits per heavy atom. The van der Waals surface area contributed by atoms with Gasteiger partial charge in [0, 0.05) is 19.9 Å². The lowest BCUT2D eigenvalue weighted by Gasteiger charge is -2.24. The number of aromatic nitrogens is 1. The van der Waals surface area contributed by atoms with Crippen LogP contribution in [0.4, 0.5) is 0 Å². The van der Waals surface area contributed by atoms with Crippen LogP contribution in [-0.4, -0.2) is 45.7 Å². The molecule has 0 spiro atoms. The molecule has 27 heavy (non-hydrogen) atoms. The third kappa shape index (κ3) is 4.25. The predicted molar refractivity (Wildman–Crippen MR) is 98.2 cm³/mol. The average molecular weight is 376 g/mol. The molecule has 1 aromatic rings. The second kappa shape index (κ2) is 8.17. The monoisotopic (exact) mass is 376 g/mol. The van der Waals surface area contributed by atoms with E-state index in [1.54, 1.807) is 13.0 Å². The van der Waals surface area contributed by atoms with Gasteiger partial charge in [-0.25, -0.2) is 0 Å². The van der Waals surface area contributed by atoms with Crippen molar-refractivity contribution in [2.24, 2.45) is 5.92 Å². The summed E-state index contributed by atoms with van der Waals surface area (Å²) in [5.41, 5.74) is 0.692. The van der Waals surface area contributed by atoms with E-state index in [2.05, 4.69) is 15.8 Å². The first-order valence-electron chi connectivity index (χ1n) is 8.63. The minimum Gasteiger partial charge on any atom is -0.511 e.